The molecule has 4 aromatic rings. The number of amides is 1. The lowest BCUT2D eigenvalue weighted by molar-refractivity contribution is -0.115. The molecule has 3 aromatic heterocycles. The van der Waals surface area contributed by atoms with E-state index in [1.165, 1.54) is 11.3 Å². The zero-order valence-electron chi connectivity index (χ0n) is 14.6. The number of nitrogens with zero attached hydrogens (tertiary/aromatic N) is 1. The van der Waals surface area contributed by atoms with Gasteiger partial charge in [0.1, 0.15) is 5.82 Å². The predicted molar refractivity (Wildman–Crippen MR) is 111 cm³/mol. The number of carboxylic acids is 1. The molecule has 8 nitrogen and oxygen atoms in total. The van der Waals surface area contributed by atoms with E-state index in [1.54, 1.807) is 22.1 Å². The number of hydrogen-bond donors (Lipinski definition) is 4. The van der Waals surface area contributed by atoms with Crippen LogP contribution >= 0.6 is 22.7 Å². The minimum absolute atomic E-state index is 0.0530. The van der Waals surface area contributed by atoms with Crippen LogP contribution in [0.2, 0.25) is 0 Å². The van der Waals surface area contributed by atoms with Crippen molar-refractivity contribution in [3.05, 3.63) is 62.0 Å². The predicted octanol–water partition coefficient (Wildman–Crippen LogP) is 3.30. The van der Waals surface area contributed by atoms with Gasteiger partial charge in [0.15, 0.2) is 5.69 Å². The summed E-state index contributed by atoms with van der Waals surface area (Å²) in [5, 5.41) is 27.7. The number of rotatable bonds is 5. The number of aromatic carboxylic acids is 1. The average Bonchev–Trinajstić information content (AvgIpc) is 3.31. The summed E-state index contributed by atoms with van der Waals surface area (Å²) < 4.78 is 1.10. The van der Waals surface area contributed by atoms with Crippen molar-refractivity contribution in [2.24, 2.45) is 0 Å². The van der Waals surface area contributed by atoms with Gasteiger partial charge in [-0.1, -0.05) is 18.2 Å². The second-order valence-electron chi connectivity index (χ2n) is 6.10. The lowest BCUT2D eigenvalue weighted by Crippen LogP contribution is -2.17. The molecule has 10 heteroatoms. The standard InChI is InChI=1S/C19H13N3O5S2/c23-14(5-9-6-29-13-4-2-1-3-10(9)13)20-12-8-28-7-11(12)17-21-15(19(26)27)16(24)18(25)22-17/h1-4,6-8,24H,5H2,(H,20,23)(H,26,27)(H,21,22,25). The summed E-state index contributed by atoms with van der Waals surface area (Å²) in [5.74, 6) is -2.80. The molecule has 1 aromatic carbocycles. The average molecular weight is 427 g/mol. The number of aromatic hydroxyl groups is 1. The molecule has 0 spiro atoms. The van der Waals surface area contributed by atoms with Crippen LogP contribution in [0.5, 0.6) is 5.75 Å². The maximum absolute atomic E-state index is 12.6. The first kappa shape index (κ1) is 18.8. The molecule has 1 amide bonds. The van der Waals surface area contributed by atoms with Crippen LogP contribution in [0, 0.1) is 0 Å². The number of thiophene rings is 2. The van der Waals surface area contributed by atoms with Gasteiger partial charge in [-0.25, -0.2) is 9.78 Å². The van der Waals surface area contributed by atoms with Gasteiger partial charge >= 0.3 is 5.97 Å². The van der Waals surface area contributed by atoms with E-state index in [0.717, 1.165) is 15.6 Å². The van der Waals surface area contributed by atoms with Crippen LogP contribution < -0.4 is 10.9 Å². The van der Waals surface area contributed by atoms with Crippen molar-refractivity contribution < 1.29 is 19.8 Å². The van der Waals surface area contributed by atoms with E-state index in [1.807, 2.05) is 29.6 Å². The quantitative estimate of drug-likeness (QED) is 0.386. The highest BCUT2D eigenvalue weighted by Gasteiger charge is 2.20. The van der Waals surface area contributed by atoms with Gasteiger partial charge in [-0.05, 0) is 22.4 Å². The zero-order valence-corrected chi connectivity index (χ0v) is 16.3. The molecule has 0 saturated carbocycles. The molecule has 29 heavy (non-hydrogen) atoms. The number of anilines is 1. The Morgan fingerprint density at radius 1 is 1.17 bits per heavy atom. The van der Waals surface area contributed by atoms with Gasteiger partial charge in [-0.3, -0.25) is 9.59 Å². The number of carboxylic acid groups (broad SMARTS) is 1. The van der Waals surface area contributed by atoms with Crippen LogP contribution in [0.4, 0.5) is 5.69 Å². The zero-order chi connectivity index (χ0) is 20.5. The molecular weight excluding hydrogens is 414 g/mol. The molecule has 4 rings (SSSR count). The summed E-state index contributed by atoms with van der Waals surface area (Å²) in [6, 6.07) is 7.81. The topological polar surface area (TPSA) is 132 Å². The Morgan fingerprint density at radius 2 is 1.97 bits per heavy atom. The molecule has 0 radical (unpaired) electrons. The molecule has 0 bridgehead atoms. The fourth-order valence-electron chi connectivity index (χ4n) is 2.86. The summed E-state index contributed by atoms with van der Waals surface area (Å²) in [4.78, 5) is 41.8. The third-order valence-electron chi connectivity index (χ3n) is 4.20. The fraction of sp³-hybridized carbons (Fsp3) is 0.0526. The molecule has 0 aliphatic rings. The first-order valence-electron chi connectivity index (χ1n) is 8.32. The van der Waals surface area contributed by atoms with E-state index in [2.05, 4.69) is 15.3 Å². The number of fused-ring (bicyclic) bond motifs is 1. The van der Waals surface area contributed by atoms with Gasteiger partial charge in [-0.2, -0.15) is 0 Å². The number of nitrogens with one attached hydrogen (secondary N) is 2. The largest absolute Gasteiger partial charge is 0.501 e. The number of aromatic nitrogens is 2. The number of hydrogen-bond acceptors (Lipinski definition) is 7. The Labute approximate surface area is 171 Å². The Balaban J connectivity index is 1.61. The van der Waals surface area contributed by atoms with E-state index in [4.69, 9.17) is 5.11 Å². The molecule has 4 N–H and O–H groups in total. The van der Waals surface area contributed by atoms with Crippen molar-refractivity contribution in [1.82, 2.24) is 9.97 Å². The second-order valence-corrected chi connectivity index (χ2v) is 7.75. The summed E-state index contributed by atoms with van der Waals surface area (Å²) in [5.41, 5.74) is -0.0652. The molecule has 0 fully saturated rings. The number of aromatic amines is 1. The summed E-state index contributed by atoms with van der Waals surface area (Å²) in [6.07, 6.45) is 0.166. The molecule has 0 atom stereocenters. The van der Waals surface area contributed by atoms with Gasteiger partial charge in [0.25, 0.3) is 5.56 Å². The van der Waals surface area contributed by atoms with Crippen LogP contribution in [0.3, 0.4) is 0 Å². The Morgan fingerprint density at radius 3 is 2.76 bits per heavy atom. The molecule has 0 aliphatic heterocycles. The van der Waals surface area contributed by atoms with Crippen molar-refractivity contribution >= 4 is 50.3 Å². The van der Waals surface area contributed by atoms with Crippen molar-refractivity contribution in [1.29, 1.82) is 0 Å². The van der Waals surface area contributed by atoms with Crippen LogP contribution in [0.25, 0.3) is 21.5 Å². The van der Waals surface area contributed by atoms with E-state index in [9.17, 15) is 19.5 Å². The maximum Gasteiger partial charge on any atom is 0.358 e. The van der Waals surface area contributed by atoms with Gasteiger partial charge in [0, 0.05) is 15.5 Å². The first-order chi connectivity index (χ1) is 13.9. The minimum atomic E-state index is -1.53. The van der Waals surface area contributed by atoms with Gasteiger partial charge < -0.3 is 20.5 Å². The van der Waals surface area contributed by atoms with Crippen molar-refractivity contribution in [2.45, 2.75) is 6.42 Å². The number of H-pyrrole nitrogens is 1. The Kier molecular flexibility index (Phi) is 4.87. The summed E-state index contributed by atoms with van der Waals surface area (Å²) in [7, 11) is 0. The first-order valence-corrected chi connectivity index (χ1v) is 10.1. The lowest BCUT2D eigenvalue weighted by atomic mass is 10.1. The number of carbonyl (C=O) groups excluding carboxylic acids is 1. The third kappa shape index (κ3) is 3.62. The molecule has 3 heterocycles. The van der Waals surface area contributed by atoms with E-state index in [0.29, 0.717) is 11.3 Å². The van der Waals surface area contributed by atoms with E-state index >= 15 is 0 Å². The summed E-state index contributed by atoms with van der Waals surface area (Å²) >= 11 is 2.82. The third-order valence-corrected chi connectivity index (χ3v) is 5.96. The number of carbonyl (C=O) groups is 2. The van der Waals surface area contributed by atoms with Gasteiger partial charge in [0.05, 0.1) is 17.7 Å². The molecule has 146 valence electrons. The minimum Gasteiger partial charge on any atom is -0.501 e. The molecular formula is C19H13N3O5S2. The Hall–Kier alpha value is -3.50. The SMILES string of the molecule is O=C(Cc1csc2ccccc12)Nc1cscc1-c1nc(C(=O)O)c(O)c(=O)[nH]1. The van der Waals surface area contributed by atoms with E-state index in [-0.39, 0.29) is 18.2 Å². The van der Waals surface area contributed by atoms with Crippen LogP contribution in [0.1, 0.15) is 16.1 Å². The van der Waals surface area contributed by atoms with Gasteiger partial charge in [0.2, 0.25) is 11.7 Å². The van der Waals surface area contributed by atoms with Crippen molar-refractivity contribution in [3.63, 3.8) is 0 Å². The monoisotopic (exact) mass is 427 g/mol. The van der Waals surface area contributed by atoms with Crippen molar-refractivity contribution in [2.75, 3.05) is 5.32 Å². The highest BCUT2D eigenvalue weighted by Crippen LogP contribution is 2.31. The van der Waals surface area contributed by atoms with Crippen LogP contribution in [-0.2, 0) is 11.2 Å². The normalized spacial score (nSPS) is 10.9. The highest BCUT2D eigenvalue weighted by molar-refractivity contribution is 7.17. The van der Waals surface area contributed by atoms with Crippen LogP contribution in [-0.4, -0.2) is 32.1 Å². The molecule has 0 saturated heterocycles. The highest BCUT2D eigenvalue weighted by atomic mass is 32.1. The molecule has 0 unspecified atom stereocenters. The smallest absolute Gasteiger partial charge is 0.358 e. The fourth-order valence-corrected chi connectivity index (χ4v) is 4.59. The van der Waals surface area contributed by atoms with E-state index < -0.39 is 23.0 Å². The van der Waals surface area contributed by atoms with Crippen LogP contribution in [0.15, 0.2) is 45.2 Å². The molecule has 0 aliphatic carbocycles. The second kappa shape index (κ2) is 7.49. The maximum atomic E-state index is 12.6. The lowest BCUT2D eigenvalue weighted by Gasteiger charge is -2.07. The summed E-state index contributed by atoms with van der Waals surface area (Å²) in [6.45, 7) is 0. The van der Waals surface area contributed by atoms with Crippen molar-refractivity contribution in [3.8, 4) is 17.1 Å². The number of benzene rings is 1. The van der Waals surface area contributed by atoms with Gasteiger partial charge in [-0.15, -0.1) is 22.7 Å². The Bertz CT molecular complexity index is 1300.